The van der Waals surface area contributed by atoms with E-state index in [9.17, 15) is 14.7 Å². The molecule has 6 nitrogen and oxygen atoms in total. The van der Waals surface area contributed by atoms with E-state index in [1.54, 1.807) is 16.8 Å². The van der Waals surface area contributed by atoms with E-state index in [0.717, 1.165) is 6.42 Å². The molecule has 2 atom stereocenters. The second-order valence-electron chi connectivity index (χ2n) is 5.80. The number of ether oxygens (including phenoxy) is 1. The van der Waals surface area contributed by atoms with E-state index in [1.807, 2.05) is 20.8 Å². The summed E-state index contributed by atoms with van der Waals surface area (Å²) in [5, 5.41) is 9.24. The number of carbonyl (C=O) groups is 2. The first-order valence-electron chi connectivity index (χ1n) is 7.20. The van der Waals surface area contributed by atoms with Crippen molar-refractivity contribution in [3.63, 3.8) is 0 Å². The summed E-state index contributed by atoms with van der Waals surface area (Å²) in [7, 11) is 1.76. The second-order valence-corrected chi connectivity index (χ2v) is 5.80. The first-order chi connectivity index (χ1) is 9.38. The molecule has 1 heterocycles. The number of hydrogen-bond acceptors (Lipinski definition) is 3. The van der Waals surface area contributed by atoms with Crippen molar-refractivity contribution in [3.8, 4) is 0 Å². The Kier molecular flexibility index (Phi) is 6.26. The van der Waals surface area contributed by atoms with Crippen LogP contribution in [0.2, 0.25) is 0 Å². The van der Waals surface area contributed by atoms with E-state index >= 15 is 0 Å². The molecule has 2 amide bonds. The maximum absolute atomic E-state index is 12.5. The van der Waals surface area contributed by atoms with Gasteiger partial charge in [0.05, 0.1) is 19.3 Å². The van der Waals surface area contributed by atoms with Gasteiger partial charge in [0.15, 0.2) is 0 Å². The van der Waals surface area contributed by atoms with Crippen molar-refractivity contribution in [1.29, 1.82) is 0 Å². The smallest absolute Gasteiger partial charge is 0.320 e. The zero-order valence-corrected chi connectivity index (χ0v) is 12.8. The molecule has 1 aliphatic heterocycles. The minimum atomic E-state index is -0.895. The number of carbonyl (C=O) groups excluding carboxylic acids is 1. The van der Waals surface area contributed by atoms with Crippen LogP contribution in [0.25, 0.3) is 0 Å². The molecule has 1 fully saturated rings. The van der Waals surface area contributed by atoms with Crippen molar-refractivity contribution < 1.29 is 19.4 Å². The van der Waals surface area contributed by atoms with Crippen LogP contribution in [0.15, 0.2) is 0 Å². The number of carboxylic acids is 1. The maximum Gasteiger partial charge on any atom is 0.320 e. The summed E-state index contributed by atoms with van der Waals surface area (Å²) >= 11 is 0. The van der Waals surface area contributed by atoms with E-state index in [-0.39, 0.29) is 18.7 Å². The highest BCUT2D eigenvalue weighted by atomic mass is 16.5. The van der Waals surface area contributed by atoms with E-state index in [0.29, 0.717) is 25.6 Å². The monoisotopic (exact) mass is 286 g/mol. The fourth-order valence-electron chi connectivity index (χ4n) is 2.58. The molecule has 0 spiro atoms. The molecule has 1 rings (SSSR count). The van der Waals surface area contributed by atoms with Crippen molar-refractivity contribution >= 4 is 12.0 Å². The third-order valence-electron chi connectivity index (χ3n) is 3.44. The Morgan fingerprint density at radius 1 is 1.35 bits per heavy atom. The maximum atomic E-state index is 12.5. The minimum Gasteiger partial charge on any atom is -0.481 e. The Balaban J connectivity index is 2.82. The van der Waals surface area contributed by atoms with Crippen molar-refractivity contribution in [2.45, 2.75) is 33.2 Å². The summed E-state index contributed by atoms with van der Waals surface area (Å²) in [6, 6.07) is -0.475. The van der Waals surface area contributed by atoms with Gasteiger partial charge in [-0.3, -0.25) is 4.79 Å². The second kappa shape index (κ2) is 7.47. The van der Waals surface area contributed by atoms with Gasteiger partial charge in [-0.05, 0) is 12.3 Å². The normalized spacial score (nSPS) is 22.1. The third-order valence-corrected chi connectivity index (χ3v) is 3.44. The van der Waals surface area contributed by atoms with Crippen molar-refractivity contribution in [2.75, 3.05) is 33.4 Å². The summed E-state index contributed by atoms with van der Waals surface area (Å²) in [4.78, 5) is 27.1. The molecule has 0 aromatic carbocycles. The predicted molar refractivity (Wildman–Crippen MR) is 75.6 cm³/mol. The van der Waals surface area contributed by atoms with Gasteiger partial charge >= 0.3 is 12.0 Å². The van der Waals surface area contributed by atoms with Gasteiger partial charge in [-0.25, -0.2) is 4.79 Å². The summed E-state index contributed by atoms with van der Waals surface area (Å²) in [5.41, 5.74) is 0. The van der Waals surface area contributed by atoms with Gasteiger partial charge in [0.25, 0.3) is 0 Å². The molecule has 2 unspecified atom stereocenters. The Labute approximate surface area is 120 Å². The van der Waals surface area contributed by atoms with Gasteiger partial charge in [0, 0.05) is 20.1 Å². The average Bonchev–Trinajstić information content (AvgIpc) is 2.83. The van der Waals surface area contributed by atoms with E-state index < -0.39 is 11.9 Å². The SMILES string of the molecule is CCCN(C(=O)N(C)CC(C)C)C1COCC1C(=O)O. The van der Waals surface area contributed by atoms with Crippen molar-refractivity contribution in [3.05, 3.63) is 0 Å². The Hall–Kier alpha value is -1.30. The quantitative estimate of drug-likeness (QED) is 0.803. The molecule has 6 heteroatoms. The van der Waals surface area contributed by atoms with E-state index in [1.165, 1.54) is 0 Å². The highest BCUT2D eigenvalue weighted by molar-refractivity contribution is 5.77. The van der Waals surface area contributed by atoms with Crippen LogP contribution in [0, 0.1) is 11.8 Å². The number of aliphatic carboxylic acids is 1. The Morgan fingerprint density at radius 3 is 2.50 bits per heavy atom. The topological polar surface area (TPSA) is 70.1 Å². The predicted octanol–water partition coefficient (Wildman–Crippen LogP) is 1.51. The van der Waals surface area contributed by atoms with Crippen LogP contribution in [-0.4, -0.2) is 66.3 Å². The molecule has 1 saturated heterocycles. The summed E-state index contributed by atoms with van der Waals surface area (Å²) in [6.07, 6.45) is 0.796. The van der Waals surface area contributed by atoms with Crippen LogP contribution >= 0.6 is 0 Å². The number of rotatable bonds is 6. The number of urea groups is 1. The Bertz CT molecular complexity index is 346. The van der Waals surface area contributed by atoms with Crippen LogP contribution in [0.3, 0.4) is 0 Å². The number of carboxylic acid groups (broad SMARTS) is 1. The van der Waals surface area contributed by atoms with Gasteiger partial charge in [0.2, 0.25) is 0 Å². The standard InChI is InChI=1S/C14H26N2O4/c1-5-6-16(14(19)15(4)7-10(2)3)12-9-20-8-11(12)13(17)18/h10-12H,5-9H2,1-4H3,(H,17,18). The van der Waals surface area contributed by atoms with Gasteiger partial charge in [-0.15, -0.1) is 0 Å². The first-order valence-corrected chi connectivity index (χ1v) is 7.20. The molecule has 0 radical (unpaired) electrons. The lowest BCUT2D eigenvalue weighted by molar-refractivity contribution is -0.142. The highest BCUT2D eigenvalue weighted by Gasteiger charge is 2.40. The summed E-state index contributed by atoms with van der Waals surface area (Å²) in [6.45, 7) is 7.77. The van der Waals surface area contributed by atoms with Crippen LogP contribution in [-0.2, 0) is 9.53 Å². The lowest BCUT2D eigenvalue weighted by atomic mass is 10.0. The molecule has 1 aliphatic rings. The molecular weight excluding hydrogens is 260 g/mol. The lowest BCUT2D eigenvalue weighted by Crippen LogP contribution is -2.51. The average molecular weight is 286 g/mol. The lowest BCUT2D eigenvalue weighted by Gasteiger charge is -2.34. The van der Waals surface area contributed by atoms with Crippen molar-refractivity contribution in [2.24, 2.45) is 11.8 Å². The van der Waals surface area contributed by atoms with Gasteiger partial charge in [0.1, 0.15) is 5.92 Å². The largest absolute Gasteiger partial charge is 0.481 e. The molecule has 116 valence electrons. The summed E-state index contributed by atoms with van der Waals surface area (Å²) < 4.78 is 5.28. The van der Waals surface area contributed by atoms with Crippen LogP contribution in [0.1, 0.15) is 27.2 Å². The first kappa shape index (κ1) is 16.8. The fraction of sp³-hybridized carbons (Fsp3) is 0.857. The molecule has 0 aliphatic carbocycles. The van der Waals surface area contributed by atoms with Crippen molar-refractivity contribution in [1.82, 2.24) is 9.80 Å². The number of hydrogen-bond donors (Lipinski definition) is 1. The minimum absolute atomic E-state index is 0.109. The van der Waals surface area contributed by atoms with Crippen LogP contribution < -0.4 is 0 Å². The van der Waals surface area contributed by atoms with E-state index in [2.05, 4.69) is 0 Å². The molecule has 20 heavy (non-hydrogen) atoms. The molecular formula is C14H26N2O4. The zero-order valence-electron chi connectivity index (χ0n) is 12.8. The third kappa shape index (κ3) is 4.10. The van der Waals surface area contributed by atoms with Gasteiger partial charge in [-0.2, -0.15) is 0 Å². The van der Waals surface area contributed by atoms with E-state index in [4.69, 9.17) is 4.74 Å². The molecule has 1 N–H and O–H groups in total. The molecule has 0 aromatic heterocycles. The molecule has 0 saturated carbocycles. The zero-order chi connectivity index (χ0) is 15.3. The van der Waals surface area contributed by atoms with Crippen LogP contribution in [0.4, 0.5) is 4.79 Å². The Morgan fingerprint density at radius 2 is 2.00 bits per heavy atom. The molecule has 0 aromatic rings. The van der Waals surface area contributed by atoms with Crippen LogP contribution in [0.5, 0.6) is 0 Å². The van der Waals surface area contributed by atoms with Gasteiger partial charge < -0.3 is 19.6 Å². The number of nitrogens with zero attached hydrogens (tertiary/aromatic N) is 2. The fourth-order valence-corrected chi connectivity index (χ4v) is 2.58. The van der Waals surface area contributed by atoms with Gasteiger partial charge in [-0.1, -0.05) is 20.8 Å². The number of amides is 2. The summed E-state index contributed by atoms with van der Waals surface area (Å²) in [5.74, 6) is -1.15. The molecule has 0 bridgehead atoms. The highest BCUT2D eigenvalue weighted by Crippen LogP contribution is 2.21.